The summed E-state index contributed by atoms with van der Waals surface area (Å²) in [5.74, 6) is 0.0787. The Labute approximate surface area is 94.8 Å². The van der Waals surface area contributed by atoms with Gasteiger partial charge in [-0.05, 0) is 0 Å². The first-order valence-corrected chi connectivity index (χ1v) is 1.65. The third kappa shape index (κ3) is 18.1. The molecule has 0 aliphatic rings. The molecular weight excluding hydrogens is 242 g/mol. The predicted molar refractivity (Wildman–Crippen MR) is 20.5 cm³/mol. The van der Waals surface area contributed by atoms with Crippen LogP contribution in [0.2, 0.25) is 0 Å². The van der Waals surface area contributed by atoms with E-state index in [1.165, 1.54) is 0 Å². The fourth-order valence-corrected chi connectivity index (χ4v) is 0. The van der Waals surface area contributed by atoms with E-state index in [0.29, 0.717) is 0 Å². The molecule has 0 amide bonds. The molecule has 7 heavy (non-hydrogen) atoms. The van der Waals surface area contributed by atoms with Gasteiger partial charge in [-0.1, -0.05) is 13.8 Å². The minimum atomic E-state index is 0. The first-order valence-electron chi connectivity index (χ1n) is 1.65. The monoisotopic (exact) mass is 249 g/mol. The molecule has 0 aromatic heterocycles. The zero-order valence-corrected chi connectivity index (χ0v) is 10.3. The molecule has 3 heteroatoms. The van der Waals surface area contributed by atoms with Crippen LogP contribution in [-0.2, 0) is 70.2 Å². The Kier molecular flexibility index (Phi) is 24.6. The summed E-state index contributed by atoms with van der Waals surface area (Å²) in [5.41, 5.74) is 0. The quantitative estimate of drug-likeness (QED) is 0.626. The van der Waals surface area contributed by atoms with E-state index in [9.17, 15) is 4.79 Å². The summed E-state index contributed by atoms with van der Waals surface area (Å²) in [6, 6.07) is 0. The third-order valence-corrected chi connectivity index (χ3v) is 0.236. The van der Waals surface area contributed by atoms with Crippen LogP contribution in [0.3, 0.4) is 0 Å². The molecule has 0 aliphatic heterocycles. The molecule has 0 aromatic carbocycles. The Hall–Kier alpha value is 1.88. The molecule has 0 saturated heterocycles. The van der Waals surface area contributed by atoms with E-state index >= 15 is 0 Å². The van der Waals surface area contributed by atoms with Gasteiger partial charge in [0.25, 0.3) is 0 Å². The Morgan fingerprint density at radius 3 is 1.43 bits per heavy atom. The van der Waals surface area contributed by atoms with Crippen molar-refractivity contribution >= 4 is 6.29 Å². The molecule has 0 bridgehead atoms. The average molecular weight is 249 g/mol. The zero-order chi connectivity index (χ0) is 4.28. The van der Waals surface area contributed by atoms with Crippen LogP contribution in [-0.4, -0.2) is 6.29 Å². The normalized spacial score (nSPS) is 6.14. The smallest absolute Gasteiger partial charge is 0 e. The summed E-state index contributed by atoms with van der Waals surface area (Å²) in [7, 11) is 0. The maximum absolute atomic E-state index is 9.38. The first-order chi connectivity index (χ1) is 2.27. The molecule has 0 rings (SSSR count). The zero-order valence-electron chi connectivity index (χ0n) is 4.64. The molecule has 0 aliphatic carbocycles. The Morgan fingerprint density at radius 2 is 1.43 bits per heavy atom. The first kappa shape index (κ1) is 15.9. The SMILES string of the molecule is CC(C)[C-]=O.[Y].[Y]. The number of carbonyl (C=O) groups excluding carboxylic acids is 1. The summed E-state index contributed by atoms with van der Waals surface area (Å²) in [4.78, 5) is 9.38. The second-order valence-corrected chi connectivity index (χ2v) is 1.27. The summed E-state index contributed by atoms with van der Waals surface area (Å²) in [5, 5.41) is 0. The van der Waals surface area contributed by atoms with Gasteiger partial charge in [-0.15, -0.1) is 5.92 Å². The maximum Gasteiger partial charge on any atom is 0 e. The van der Waals surface area contributed by atoms with Gasteiger partial charge in [-0.2, -0.15) is 0 Å². The summed E-state index contributed by atoms with van der Waals surface area (Å²) < 4.78 is 0. The van der Waals surface area contributed by atoms with E-state index < -0.39 is 0 Å². The van der Waals surface area contributed by atoms with Crippen LogP contribution < -0.4 is 0 Å². The van der Waals surface area contributed by atoms with E-state index in [0.717, 1.165) is 0 Å². The van der Waals surface area contributed by atoms with Crippen molar-refractivity contribution in [1.29, 1.82) is 0 Å². The molecule has 2 radical (unpaired) electrons. The van der Waals surface area contributed by atoms with E-state index in [2.05, 4.69) is 0 Å². The molecule has 0 N–H and O–H groups in total. The van der Waals surface area contributed by atoms with Crippen LogP contribution in [0.1, 0.15) is 13.8 Å². The van der Waals surface area contributed by atoms with Crippen molar-refractivity contribution in [2.75, 3.05) is 0 Å². The summed E-state index contributed by atoms with van der Waals surface area (Å²) >= 11 is 0. The molecule has 0 unspecified atom stereocenters. The van der Waals surface area contributed by atoms with Crippen molar-refractivity contribution in [1.82, 2.24) is 0 Å². The van der Waals surface area contributed by atoms with Crippen molar-refractivity contribution in [2.45, 2.75) is 13.8 Å². The Bertz CT molecular complexity index is 36.7. The van der Waals surface area contributed by atoms with E-state index in [-0.39, 0.29) is 71.3 Å². The maximum atomic E-state index is 9.38. The molecule has 0 spiro atoms. The van der Waals surface area contributed by atoms with Crippen LogP contribution in [0.25, 0.3) is 0 Å². The van der Waals surface area contributed by atoms with Crippen molar-refractivity contribution in [3.63, 3.8) is 0 Å². The third-order valence-electron chi connectivity index (χ3n) is 0.236. The van der Waals surface area contributed by atoms with Gasteiger partial charge >= 0.3 is 0 Å². The Balaban J connectivity index is -0.0000000800. The molecule has 0 atom stereocenters. The van der Waals surface area contributed by atoms with Crippen molar-refractivity contribution in [2.24, 2.45) is 5.92 Å². The molecule has 0 heterocycles. The molecule has 1 nitrogen and oxygen atoms in total. The van der Waals surface area contributed by atoms with E-state index in [1.54, 1.807) is 20.1 Å². The van der Waals surface area contributed by atoms with Crippen molar-refractivity contribution in [3.8, 4) is 0 Å². The van der Waals surface area contributed by atoms with E-state index in [4.69, 9.17) is 0 Å². The van der Waals surface area contributed by atoms with Crippen LogP contribution in [0.5, 0.6) is 0 Å². The summed E-state index contributed by atoms with van der Waals surface area (Å²) in [6.07, 6.45) is 1.78. The molecule has 0 aromatic rings. The largest absolute Gasteiger partial charge is 0.542 e. The van der Waals surface area contributed by atoms with Gasteiger partial charge in [0.15, 0.2) is 0 Å². The van der Waals surface area contributed by atoms with Crippen molar-refractivity contribution in [3.05, 3.63) is 0 Å². The second-order valence-electron chi connectivity index (χ2n) is 1.27. The molecule has 0 fully saturated rings. The standard InChI is InChI=1S/C4H7O.2Y/c1-4(2)3-5;;/h4H,1-2H3;;/q-1;;. The van der Waals surface area contributed by atoms with Gasteiger partial charge in [0.2, 0.25) is 0 Å². The average Bonchev–Trinajstić information content (AvgIpc) is 1.38. The minimum Gasteiger partial charge on any atom is -0.542 e. The van der Waals surface area contributed by atoms with Gasteiger partial charge in [0.1, 0.15) is 0 Å². The van der Waals surface area contributed by atoms with E-state index in [1.807, 2.05) is 0 Å². The van der Waals surface area contributed by atoms with Crippen LogP contribution in [0, 0.1) is 5.92 Å². The van der Waals surface area contributed by atoms with Gasteiger partial charge in [0.05, 0.1) is 0 Å². The van der Waals surface area contributed by atoms with Crippen LogP contribution in [0.15, 0.2) is 0 Å². The second kappa shape index (κ2) is 10.8. The number of hydrogen-bond acceptors (Lipinski definition) is 1. The van der Waals surface area contributed by atoms with Crippen LogP contribution >= 0.6 is 0 Å². The topological polar surface area (TPSA) is 17.1 Å². The fourth-order valence-electron chi connectivity index (χ4n) is 0. The van der Waals surface area contributed by atoms with Crippen molar-refractivity contribution < 1.29 is 70.2 Å². The predicted octanol–water partition coefficient (Wildman–Crippen LogP) is 0.747. The number of hydrogen-bond donors (Lipinski definition) is 0. The van der Waals surface area contributed by atoms with Gasteiger partial charge < -0.3 is 4.79 Å². The number of rotatable bonds is 1. The van der Waals surface area contributed by atoms with Crippen LogP contribution in [0.4, 0.5) is 0 Å². The Morgan fingerprint density at radius 1 is 1.29 bits per heavy atom. The van der Waals surface area contributed by atoms with Gasteiger partial charge in [-0.3, -0.25) is 6.29 Å². The summed E-state index contributed by atoms with van der Waals surface area (Å²) in [6.45, 7) is 3.60. The van der Waals surface area contributed by atoms with Gasteiger partial charge in [-0.25, -0.2) is 0 Å². The van der Waals surface area contributed by atoms with Gasteiger partial charge in [0, 0.05) is 65.4 Å². The fraction of sp³-hybridized carbons (Fsp3) is 0.750. The molecular formula is C4H7OY2-. The minimum absolute atomic E-state index is 0. The molecule has 0 saturated carbocycles. The molecule has 36 valence electrons.